The van der Waals surface area contributed by atoms with Gasteiger partial charge in [0.2, 0.25) is 0 Å². The minimum atomic E-state index is -2.81. The van der Waals surface area contributed by atoms with Gasteiger partial charge in [-0.25, -0.2) is 0 Å². The van der Waals surface area contributed by atoms with Gasteiger partial charge < -0.3 is 25.3 Å². The fourth-order valence-electron chi connectivity index (χ4n) is 0.642. The van der Waals surface area contributed by atoms with Crippen LogP contribution in [0.15, 0.2) is 28.0 Å². The number of quaternary nitrogens is 1. The maximum atomic E-state index is 10.5. The fourth-order valence-corrected chi connectivity index (χ4v) is 0.642. The lowest BCUT2D eigenvalue weighted by atomic mass is 10.3. The smallest absolute Gasteiger partial charge is 0.167 e. The Morgan fingerprint density at radius 3 is 3.08 bits per heavy atom. The Hall–Kier alpha value is -1.82. The SMILES string of the molecule is [2H]C([2H])([2H])O/N=C(\C(=O)[O-])c1ccco1.[NH4+]. The molecule has 6 heteroatoms. The Morgan fingerprint density at radius 2 is 2.62 bits per heavy atom. The van der Waals surface area contributed by atoms with Gasteiger partial charge in [0.25, 0.3) is 0 Å². The molecule has 0 atom stereocenters. The van der Waals surface area contributed by atoms with Crippen molar-refractivity contribution in [1.29, 1.82) is 0 Å². The Bertz CT molecular complexity index is 371. The number of hydrogen-bond donors (Lipinski definition) is 1. The molecule has 0 fully saturated rings. The van der Waals surface area contributed by atoms with Gasteiger partial charge in [-0.1, -0.05) is 5.16 Å². The molecule has 13 heavy (non-hydrogen) atoms. The highest BCUT2D eigenvalue weighted by atomic mass is 16.6. The van der Waals surface area contributed by atoms with E-state index in [2.05, 4.69) is 9.99 Å². The number of nitrogens with zero attached hydrogens (tertiary/aromatic N) is 1. The summed E-state index contributed by atoms with van der Waals surface area (Å²) in [6, 6.07) is 2.71. The molecular weight excluding hydrogens is 176 g/mol. The van der Waals surface area contributed by atoms with Crippen molar-refractivity contribution in [2.24, 2.45) is 5.16 Å². The largest absolute Gasteiger partial charge is 0.543 e. The van der Waals surface area contributed by atoms with Gasteiger partial charge in [0, 0.05) is 0 Å². The van der Waals surface area contributed by atoms with Crippen LogP contribution in [0.1, 0.15) is 9.87 Å². The number of oxime groups is 1. The summed E-state index contributed by atoms with van der Waals surface area (Å²) in [6.07, 6.45) is 1.21. The van der Waals surface area contributed by atoms with Crippen LogP contribution in [0.5, 0.6) is 0 Å². The van der Waals surface area contributed by atoms with Crippen LogP contribution in [0.25, 0.3) is 0 Å². The second kappa shape index (κ2) is 4.94. The summed E-state index contributed by atoms with van der Waals surface area (Å²) in [4.78, 5) is 14.5. The Morgan fingerprint density at radius 1 is 1.85 bits per heavy atom. The highest BCUT2D eigenvalue weighted by Crippen LogP contribution is 2.01. The van der Waals surface area contributed by atoms with Crippen molar-refractivity contribution >= 4 is 11.7 Å². The van der Waals surface area contributed by atoms with Gasteiger partial charge in [-0.3, -0.25) is 0 Å². The predicted molar refractivity (Wildman–Crippen MR) is 43.2 cm³/mol. The third kappa shape index (κ3) is 2.60. The summed E-state index contributed by atoms with van der Waals surface area (Å²) in [6.45, 7) is 0. The molecule has 4 N–H and O–H groups in total. The van der Waals surface area contributed by atoms with Crippen LogP contribution in [0, 0.1) is 0 Å². The molecule has 0 amide bonds. The summed E-state index contributed by atoms with van der Waals surface area (Å²) in [7, 11) is -2.81. The van der Waals surface area contributed by atoms with Gasteiger partial charge in [-0.15, -0.1) is 0 Å². The summed E-state index contributed by atoms with van der Waals surface area (Å²) >= 11 is 0. The van der Waals surface area contributed by atoms with E-state index in [0.717, 1.165) is 0 Å². The van der Waals surface area contributed by atoms with E-state index in [1.165, 1.54) is 18.4 Å². The standard InChI is InChI=1S/C7H7NO4.H3N/c1-11-8-6(7(9)10)5-3-2-4-12-5;/h2-4H,1H3,(H,9,10);1H3/b8-6-;/i1D3;. The molecule has 0 aliphatic carbocycles. The van der Waals surface area contributed by atoms with E-state index in [4.69, 9.17) is 8.53 Å². The number of carboxylic acids is 1. The topological polar surface area (TPSA) is 111 Å². The molecule has 1 heterocycles. The molecule has 6 nitrogen and oxygen atoms in total. The zero-order chi connectivity index (χ0) is 11.5. The third-order valence-corrected chi connectivity index (χ3v) is 1.08. The molecule has 0 aromatic carbocycles. The lowest BCUT2D eigenvalue weighted by molar-refractivity contribution is -0.294. The quantitative estimate of drug-likeness (QED) is 0.522. The lowest BCUT2D eigenvalue weighted by Crippen LogP contribution is -2.32. The van der Waals surface area contributed by atoms with Crippen molar-refractivity contribution in [1.82, 2.24) is 6.15 Å². The van der Waals surface area contributed by atoms with Crippen LogP contribution in [-0.4, -0.2) is 18.7 Å². The number of aliphatic carboxylic acids is 1. The number of hydrogen-bond acceptors (Lipinski definition) is 5. The molecule has 0 radical (unpaired) electrons. The number of carbonyl (C=O) groups is 1. The maximum absolute atomic E-state index is 10.5. The van der Waals surface area contributed by atoms with Crippen LogP contribution in [-0.2, 0) is 9.63 Å². The molecule has 0 saturated carbocycles. The van der Waals surface area contributed by atoms with Gasteiger partial charge in [-0.2, -0.15) is 0 Å². The van der Waals surface area contributed by atoms with Crippen molar-refractivity contribution in [2.75, 3.05) is 7.04 Å². The van der Waals surface area contributed by atoms with Crippen LogP contribution in [0.3, 0.4) is 0 Å². The molecule has 0 saturated heterocycles. The van der Waals surface area contributed by atoms with Crippen molar-refractivity contribution in [2.45, 2.75) is 0 Å². The Kier molecular flexibility index (Phi) is 2.53. The number of furan rings is 1. The summed E-state index contributed by atoms with van der Waals surface area (Å²) in [5.74, 6) is -1.83. The van der Waals surface area contributed by atoms with Gasteiger partial charge >= 0.3 is 0 Å². The van der Waals surface area contributed by atoms with Crippen LogP contribution in [0.2, 0.25) is 0 Å². The highest BCUT2D eigenvalue weighted by Gasteiger charge is 2.07. The summed E-state index contributed by atoms with van der Waals surface area (Å²) in [5.41, 5.74) is -0.712. The number of rotatable bonds is 3. The first kappa shape index (κ1) is 6.67. The molecule has 0 spiro atoms. The molecule has 0 unspecified atom stereocenters. The average Bonchev–Trinajstić information content (AvgIpc) is 2.54. The Labute approximate surface area is 78.6 Å². The molecular formula is C7H10N2O4. The van der Waals surface area contributed by atoms with E-state index in [1.54, 1.807) is 0 Å². The summed E-state index contributed by atoms with van der Waals surface area (Å²) < 4.78 is 24.7. The lowest BCUT2D eigenvalue weighted by Gasteiger charge is -2.01. The van der Waals surface area contributed by atoms with E-state index in [1.807, 2.05) is 0 Å². The van der Waals surface area contributed by atoms with Crippen molar-refractivity contribution < 1.29 is 23.3 Å². The van der Waals surface area contributed by atoms with Gasteiger partial charge in [-0.05, 0) is 12.1 Å². The molecule has 72 valence electrons. The van der Waals surface area contributed by atoms with E-state index >= 15 is 0 Å². The molecule has 0 bridgehead atoms. The van der Waals surface area contributed by atoms with Gasteiger partial charge in [0.15, 0.2) is 11.5 Å². The molecule has 0 aliphatic heterocycles. The van der Waals surface area contributed by atoms with E-state index in [-0.39, 0.29) is 11.9 Å². The molecule has 1 aromatic rings. The first-order valence-electron chi connectivity index (χ1n) is 4.41. The van der Waals surface area contributed by atoms with Gasteiger partial charge in [0.1, 0.15) is 7.04 Å². The second-order valence-corrected chi connectivity index (χ2v) is 1.80. The van der Waals surface area contributed by atoms with Crippen molar-refractivity contribution in [3.05, 3.63) is 24.2 Å². The van der Waals surface area contributed by atoms with E-state index in [9.17, 15) is 9.90 Å². The first-order chi connectivity index (χ1) is 6.90. The van der Waals surface area contributed by atoms with Crippen molar-refractivity contribution in [3.8, 4) is 0 Å². The van der Waals surface area contributed by atoms with Crippen LogP contribution >= 0.6 is 0 Å². The Balaban J connectivity index is 0.00000225. The first-order valence-corrected chi connectivity index (χ1v) is 2.91. The minimum Gasteiger partial charge on any atom is -0.543 e. The molecule has 1 rings (SSSR count). The minimum absolute atomic E-state index is 0. The van der Waals surface area contributed by atoms with Crippen LogP contribution in [0.4, 0.5) is 0 Å². The predicted octanol–water partition coefficient (Wildman–Crippen LogP) is -0.244. The van der Waals surface area contributed by atoms with Gasteiger partial charge in [0.05, 0.1) is 16.3 Å². The maximum Gasteiger partial charge on any atom is 0.167 e. The van der Waals surface area contributed by atoms with E-state index < -0.39 is 18.7 Å². The number of carboxylic acid groups (broad SMARTS) is 1. The van der Waals surface area contributed by atoms with E-state index in [0.29, 0.717) is 0 Å². The molecule has 1 aromatic heterocycles. The normalized spacial score (nSPS) is 14.8. The fraction of sp³-hybridized carbons (Fsp3) is 0.143. The number of carbonyl (C=O) groups excluding carboxylic acids is 1. The second-order valence-electron chi connectivity index (χ2n) is 1.80. The average molecular weight is 189 g/mol. The highest BCUT2D eigenvalue weighted by molar-refractivity contribution is 6.40. The monoisotopic (exact) mass is 189 g/mol. The zero-order valence-electron chi connectivity index (χ0n) is 9.81. The summed E-state index contributed by atoms with van der Waals surface area (Å²) in [5, 5.41) is 13.5. The third-order valence-electron chi connectivity index (χ3n) is 1.08. The zero-order valence-corrected chi connectivity index (χ0v) is 6.81. The van der Waals surface area contributed by atoms with Crippen LogP contribution < -0.4 is 11.3 Å². The molecule has 0 aliphatic rings. The van der Waals surface area contributed by atoms with Crippen molar-refractivity contribution in [3.63, 3.8) is 0 Å².